The number of nitrogens with one attached hydrogen (secondary N) is 1. The zero-order chi connectivity index (χ0) is 18.4. The molecule has 0 fully saturated rings. The van der Waals surface area contributed by atoms with Crippen molar-refractivity contribution in [3.05, 3.63) is 83.4 Å². The van der Waals surface area contributed by atoms with Gasteiger partial charge in [-0.05, 0) is 55.5 Å². The van der Waals surface area contributed by atoms with Gasteiger partial charge in [-0.15, -0.1) is 0 Å². The highest BCUT2D eigenvalue weighted by atomic mass is 35.5. The molecular formula is C21H18ClNO3. The molecule has 0 aliphatic rings. The van der Waals surface area contributed by atoms with Gasteiger partial charge in [0.2, 0.25) is 0 Å². The number of carbonyl (C=O) groups is 1. The number of ether oxygens (including phenoxy) is 2. The number of amides is 1. The molecule has 3 rings (SSSR count). The van der Waals surface area contributed by atoms with Crippen LogP contribution in [0.15, 0.2) is 72.8 Å². The third kappa shape index (κ3) is 4.55. The molecule has 3 aromatic carbocycles. The molecule has 0 spiro atoms. The van der Waals surface area contributed by atoms with Gasteiger partial charge < -0.3 is 14.8 Å². The van der Waals surface area contributed by atoms with E-state index in [4.69, 9.17) is 21.1 Å². The number of para-hydroxylation sites is 1. The summed E-state index contributed by atoms with van der Waals surface area (Å²) in [6.07, 6.45) is 0. The Labute approximate surface area is 157 Å². The van der Waals surface area contributed by atoms with Crippen molar-refractivity contribution in [1.29, 1.82) is 0 Å². The number of halogens is 1. The monoisotopic (exact) mass is 367 g/mol. The van der Waals surface area contributed by atoms with E-state index in [1.54, 1.807) is 36.4 Å². The van der Waals surface area contributed by atoms with Crippen LogP contribution in [0.3, 0.4) is 0 Å². The van der Waals surface area contributed by atoms with Crippen LogP contribution < -0.4 is 14.8 Å². The summed E-state index contributed by atoms with van der Waals surface area (Å²) in [5.74, 6) is 1.55. The van der Waals surface area contributed by atoms with Gasteiger partial charge in [-0.3, -0.25) is 4.79 Å². The van der Waals surface area contributed by atoms with E-state index in [-0.39, 0.29) is 5.91 Å². The lowest BCUT2D eigenvalue weighted by molar-refractivity contribution is 0.102. The van der Waals surface area contributed by atoms with E-state index in [1.807, 2.05) is 43.3 Å². The molecule has 0 atom stereocenters. The van der Waals surface area contributed by atoms with Crippen LogP contribution >= 0.6 is 11.6 Å². The average Bonchev–Trinajstić information content (AvgIpc) is 2.65. The molecule has 0 aromatic heterocycles. The molecule has 3 aromatic rings. The standard InChI is InChI=1S/C21H18ClNO3/c1-2-25-18-10-6-7-15(13-18)21(24)23-19-14-16(22)11-12-20(19)26-17-8-4-3-5-9-17/h3-14H,2H2,1H3,(H,23,24). The first-order valence-corrected chi connectivity index (χ1v) is 8.60. The lowest BCUT2D eigenvalue weighted by atomic mass is 10.2. The van der Waals surface area contributed by atoms with Crippen molar-refractivity contribution in [2.45, 2.75) is 6.92 Å². The van der Waals surface area contributed by atoms with Crippen molar-refractivity contribution < 1.29 is 14.3 Å². The maximum atomic E-state index is 12.6. The van der Waals surface area contributed by atoms with Gasteiger partial charge in [-0.2, -0.15) is 0 Å². The number of benzene rings is 3. The molecule has 26 heavy (non-hydrogen) atoms. The van der Waals surface area contributed by atoms with Crippen molar-refractivity contribution in [2.24, 2.45) is 0 Å². The Morgan fingerprint density at radius 3 is 2.50 bits per heavy atom. The number of anilines is 1. The second kappa shape index (κ2) is 8.41. The molecule has 0 bridgehead atoms. The summed E-state index contributed by atoms with van der Waals surface area (Å²) < 4.78 is 11.3. The Hall–Kier alpha value is -2.98. The topological polar surface area (TPSA) is 47.6 Å². The molecule has 0 saturated heterocycles. The molecule has 132 valence electrons. The Balaban J connectivity index is 1.83. The van der Waals surface area contributed by atoms with Crippen molar-refractivity contribution in [2.75, 3.05) is 11.9 Å². The highest BCUT2D eigenvalue weighted by Crippen LogP contribution is 2.32. The van der Waals surface area contributed by atoms with Crippen molar-refractivity contribution in [3.63, 3.8) is 0 Å². The van der Waals surface area contributed by atoms with E-state index in [2.05, 4.69) is 5.32 Å². The molecule has 0 aliphatic heterocycles. The fourth-order valence-corrected chi connectivity index (χ4v) is 2.56. The molecule has 1 N–H and O–H groups in total. The van der Waals surface area contributed by atoms with Gasteiger partial charge in [-0.25, -0.2) is 0 Å². The summed E-state index contributed by atoms with van der Waals surface area (Å²) in [6, 6.07) is 21.4. The normalized spacial score (nSPS) is 10.2. The lowest BCUT2D eigenvalue weighted by Gasteiger charge is -2.13. The molecule has 0 saturated carbocycles. The van der Waals surface area contributed by atoms with Crippen LogP contribution in [-0.4, -0.2) is 12.5 Å². The molecule has 5 heteroatoms. The summed E-state index contributed by atoms with van der Waals surface area (Å²) in [7, 11) is 0. The Morgan fingerprint density at radius 2 is 1.73 bits per heavy atom. The summed E-state index contributed by atoms with van der Waals surface area (Å²) in [6.45, 7) is 2.43. The van der Waals surface area contributed by atoms with Crippen LogP contribution in [0.4, 0.5) is 5.69 Å². The molecule has 0 unspecified atom stereocenters. The Bertz CT molecular complexity index is 897. The molecule has 0 aliphatic carbocycles. The van der Waals surface area contributed by atoms with E-state index in [0.717, 1.165) is 0 Å². The van der Waals surface area contributed by atoms with Crippen molar-refractivity contribution in [3.8, 4) is 17.2 Å². The van der Waals surface area contributed by atoms with E-state index in [9.17, 15) is 4.79 Å². The first-order valence-electron chi connectivity index (χ1n) is 8.22. The van der Waals surface area contributed by atoms with Crippen LogP contribution in [0.2, 0.25) is 5.02 Å². The fraction of sp³-hybridized carbons (Fsp3) is 0.0952. The summed E-state index contributed by atoms with van der Waals surface area (Å²) in [4.78, 5) is 12.6. The Morgan fingerprint density at radius 1 is 0.962 bits per heavy atom. The highest BCUT2D eigenvalue weighted by Gasteiger charge is 2.12. The first kappa shape index (κ1) is 17.8. The molecule has 0 radical (unpaired) electrons. The van der Waals surface area contributed by atoms with E-state index in [1.165, 1.54) is 0 Å². The van der Waals surface area contributed by atoms with E-state index >= 15 is 0 Å². The third-order valence-corrected chi connectivity index (χ3v) is 3.80. The maximum Gasteiger partial charge on any atom is 0.255 e. The number of hydrogen-bond donors (Lipinski definition) is 1. The number of carbonyl (C=O) groups excluding carboxylic acids is 1. The summed E-state index contributed by atoms with van der Waals surface area (Å²) in [5.41, 5.74) is 0.981. The molecule has 0 heterocycles. The van der Waals surface area contributed by atoms with Crippen LogP contribution in [-0.2, 0) is 0 Å². The lowest BCUT2D eigenvalue weighted by Crippen LogP contribution is -2.12. The quantitative estimate of drug-likeness (QED) is 0.600. The van der Waals surface area contributed by atoms with E-state index in [0.29, 0.717) is 40.1 Å². The van der Waals surface area contributed by atoms with Gasteiger partial charge in [0.25, 0.3) is 5.91 Å². The molecular weight excluding hydrogens is 350 g/mol. The van der Waals surface area contributed by atoms with Crippen LogP contribution in [0.1, 0.15) is 17.3 Å². The van der Waals surface area contributed by atoms with Gasteiger partial charge in [0.15, 0.2) is 5.75 Å². The van der Waals surface area contributed by atoms with Crippen LogP contribution in [0.25, 0.3) is 0 Å². The number of hydrogen-bond acceptors (Lipinski definition) is 3. The highest BCUT2D eigenvalue weighted by molar-refractivity contribution is 6.31. The van der Waals surface area contributed by atoms with Gasteiger partial charge >= 0.3 is 0 Å². The minimum atomic E-state index is -0.272. The van der Waals surface area contributed by atoms with Gasteiger partial charge in [0.1, 0.15) is 11.5 Å². The number of rotatable bonds is 6. The van der Waals surface area contributed by atoms with Crippen LogP contribution in [0, 0.1) is 0 Å². The fourth-order valence-electron chi connectivity index (χ4n) is 2.39. The summed E-state index contributed by atoms with van der Waals surface area (Å²) in [5, 5.41) is 3.36. The van der Waals surface area contributed by atoms with Gasteiger partial charge in [0.05, 0.1) is 12.3 Å². The van der Waals surface area contributed by atoms with Gasteiger partial charge in [0, 0.05) is 10.6 Å². The second-order valence-electron chi connectivity index (χ2n) is 5.47. The van der Waals surface area contributed by atoms with Gasteiger partial charge in [-0.1, -0.05) is 35.9 Å². The third-order valence-electron chi connectivity index (χ3n) is 3.57. The first-order chi connectivity index (χ1) is 12.7. The largest absolute Gasteiger partial charge is 0.494 e. The van der Waals surface area contributed by atoms with Crippen molar-refractivity contribution >= 4 is 23.2 Å². The molecule has 4 nitrogen and oxygen atoms in total. The van der Waals surface area contributed by atoms with E-state index < -0.39 is 0 Å². The smallest absolute Gasteiger partial charge is 0.255 e. The average molecular weight is 368 g/mol. The minimum Gasteiger partial charge on any atom is -0.494 e. The molecule has 1 amide bonds. The zero-order valence-corrected chi connectivity index (χ0v) is 15.0. The predicted octanol–water partition coefficient (Wildman–Crippen LogP) is 5.78. The minimum absolute atomic E-state index is 0.272. The zero-order valence-electron chi connectivity index (χ0n) is 14.2. The SMILES string of the molecule is CCOc1cccc(C(=O)Nc2cc(Cl)ccc2Oc2ccccc2)c1. The second-order valence-corrected chi connectivity index (χ2v) is 5.91. The maximum absolute atomic E-state index is 12.6. The predicted molar refractivity (Wildman–Crippen MR) is 104 cm³/mol. The van der Waals surface area contributed by atoms with Crippen LogP contribution in [0.5, 0.6) is 17.2 Å². The Kier molecular flexibility index (Phi) is 5.77. The summed E-state index contributed by atoms with van der Waals surface area (Å²) >= 11 is 6.09. The van der Waals surface area contributed by atoms with Crippen molar-refractivity contribution in [1.82, 2.24) is 0 Å².